The molecular weight excluding hydrogens is 413 g/mol. The van der Waals surface area contributed by atoms with Gasteiger partial charge in [0.15, 0.2) is 11.5 Å². The van der Waals surface area contributed by atoms with Gasteiger partial charge in [0.1, 0.15) is 23.6 Å². The smallest absolute Gasteiger partial charge is 0.325 e. The van der Waals surface area contributed by atoms with Crippen molar-refractivity contribution in [1.29, 1.82) is 0 Å². The molecule has 4 aromatic rings. The molecule has 0 saturated carbocycles. The van der Waals surface area contributed by atoms with Gasteiger partial charge in [-0.1, -0.05) is 38.1 Å². The molecule has 0 aliphatic carbocycles. The second-order valence-electron chi connectivity index (χ2n) is 8.18. The summed E-state index contributed by atoms with van der Waals surface area (Å²) >= 11 is 0. The molecule has 3 heterocycles. The highest BCUT2D eigenvalue weighted by Crippen LogP contribution is 2.29. The third-order valence-corrected chi connectivity index (χ3v) is 4.70. The molecule has 0 aliphatic heterocycles. The minimum atomic E-state index is -0.639. The molecule has 2 amide bonds. The van der Waals surface area contributed by atoms with Gasteiger partial charge in [-0.2, -0.15) is 5.10 Å². The minimum absolute atomic E-state index is 0.0110. The zero-order valence-electron chi connectivity index (χ0n) is 17.9. The topological polar surface area (TPSA) is 111 Å². The van der Waals surface area contributed by atoms with Crippen LogP contribution < -0.4 is 10.6 Å². The summed E-state index contributed by atoms with van der Waals surface area (Å²) in [6.45, 7) is 10.1. The number of allylic oxidation sites excluding steroid dienone is 1. The number of urea groups is 1. The van der Waals surface area contributed by atoms with Gasteiger partial charge in [0, 0.05) is 23.2 Å². The lowest BCUT2D eigenvalue weighted by atomic mass is 9.93. The Bertz CT molecular complexity index is 1300. The molecule has 0 unspecified atom stereocenters. The molecule has 10 heteroatoms. The number of rotatable bonds is 5. The Morgan fingerprint density at radius 3 is 2.78 bits per heavy atom. The highest BCUT2D eigenvalue weighted by Gasteiger charge is 2.21. The highest BCUT2D eigenvalue weighted by atomic mass is 19.1. The fraction of sp³-hybridized carbons (Fsp3) is 0.227. The fourth-order valence-electron chi connectivity index (χ4n) is 3.10. The van der Waals surface area contributed by atoms with Gasteiger partial charge < -0.3 is 9.84 Å². The van der Waals surface area contributed by atoms with Crippen LogP contribution in [0.15, 0.2) is 54.0 Å². The van der Waals surface area contributed by atoms with E-state index in [0.29, 0.717) is 34.6 Å². The Morgan fingerprint density at radius 2 is 2.09 bits per heavy atom. The molecule has 0 aliphatic rings. The highest BCUT2D eigenvalue weighted by molar-refractivity contribution is 5.99. The SMILES string of the molecule is C=CCn1nc(-c2ccc(NC(=O)Nc3cc(C(C)(C)C)on3)c(F)c2)c2cncnc21. The second kappa shape index (κ2) is 8.22. The summed E-state index contributed by atoms with van der Waals surface area (Å²) < 4.78 is 21.7. The maximum Gasteiger partial charge on any atom is 0.325 e. The largest absolute Gasteiger partial charge is 0.359 e. The monoisotopic (exact) mass is 435 g/mol. The Hall–Kier alpha value is -4.08. The van der Waals surface area contributed by atoms with Crippen LogP contribution in [-0.4, -0.2) is 30.9 Å². The minimum Gasteiger partial charge on any atom is -0.359 e. The van der Waals surface area contributed by atoms with Crippen LogP contribution in [-0.2, 0) is 12.0 Å². The van der Waals surface area contributed by atoms with Gasteiger partial charge in [-0.3, -0.25) is 5.32 Å². The van der Waals surface area contributed by atoms with Gasteiger partial charge in [0.2, 0.25) is 0 Å². The molecule has 0 atom stereocenters. The van der Waals surface area contributed by atoms with E-state index in [1.54, 1.807) is 29.1 Å². The molecule has 2 N–H and O–H groups in total. The number of benzene rings is 1. The van der Waals surface area contributed by atoms with Gasteiger partial charge in [0.05, 0.1) is 17.6 Å². The number of carbonyl (C=O) groups excluding carboxylic acids is 1. The first-order chi connectivity index (χ1) is 15.3. The van der Waals surface area contributed by atoms with Gasteiger partial charge in [0.25, 0.3) is 0 Å². The van der Waals surface area contributed by atoms with Crippen molar-refractivity contribution in [1.82, 2.24) is 24.9 Å². The average Bonchev–Trinajstić information content (AvgIpc) is 3.35. The van der Waals surface area contributed by atoms with E-state index >= 15 is 0 Å². The fourth-order valence-corrected chi connectivity index (χ4v) is 3.10. The average molecular weight is 435 g/mol. The molecule has 0 spiro atoms. The van der Waals surface area contributed by atoms with E-state index in [1.807, 2.05) is 20.8 Å². The van der Waals surface area contributed by atoms with E-state index in [4.69, 9.17) is 4.52 Å². The van der Waals surface area contributed by atoms with Crippen LogP contribution in [0.25, 0.3) is 22.3 Å². The van der Waals surface area contributed by atoms with E-state index < -0.39 is 11.8 Å². The van der Waals surface area contributed by atoms with Crippen molar-refractivity contribution >= 4 is 28.6 Å². The van der Waals surface area contributed by atoms with Crippen molar-refractivity contribution in [3.8, 4) is 11.3 Å². The summed E-state index contributed by atoms with van der Waals surface area (Å²) in [6.07, 6.45) is 4.76. The molecule has 0 radical (unpaired) electrons. The maximum absolute atomic E-state index is 14.8. The van der Waals surface area contributed by atoms with Gasteiger partial charge >= 0.3 is 6.03 Å². The number of aromatic nitrogens is 5. The van der Waals surface area contributed by atoms with E-state index in [9.17, 15) is 9.18 Å². The molecule has 0 saturated heterocycles. The van der Waals surface area contributed by atoms with Gasteiger partial charge in [-0.05, 0) is 12.1 Å². The summed E-state index contributed by atoms with van der Waals surface area (Å²) in [7, 11) is 0. The molecular formula is C22H22FN7O2. The molecule has 0 fully saturated rings. The summed E-state index contributed by atoms with van der Waals surface area (Å²) in [5.41, 5.74) is 1.45. The van der Waals surface area contributed by atoms with E-state index in [-0.39, 0.29) is 16.9 Å². The first kappa shape index (κ1) is 21.2. The van der Waals surface area contributed by atoms with Crippen molar-refractivity contribution in [2.45, 2.75) is 32.7 Å². The van der Waals surface area contributed by atoms with Gasteiger partial charge in [-0.15, -0.1) is 6.58 Å². The van der Waals surface area contributed by atoms with Crippen molar-refractivity contribution in [2.75, 3.05) is 10.6 Å². The first-order valence-electron chi connectivity index (χ1n) is 9.89. The Kier molecular flexibility index (Phi) is 5.43. The van der Waals surface area contributed by atoms with Crippen LogP contribution in [0.1, 0.15) is 26.5 Å². The van der Waals surface area contributed by atoms with Crippen LogP contribution in [0.4, 0.5) is 20.7 Å². The molecule has 4 rings (SSSR count). The lowest BCUT2D eigenvalue weighted by molar-refractivity contribution is 0.261. The normalized spacial score (nSPS) is 11.5. The van der Waals surface area contributed by atoms with Crippen molar-refractivity contribution in [2.24, 2.45) is 0 Å². The number of hydrogen-bond donors (Lipinski definition) is 2. The third-order valence-electron chi connectivity index (χ3n) is 4.70. The molecule has 32 heavy (non-hydrogen) atoms. The molecule has 3 aromatic heterocycles. The number of nitrogens with one attached hydrogen (secondary N) is 2. The number of carbonyl (C=O) groups is 1. The van der Waals surface area contributed by atoms with Crippen LogP contribution >= 0.6 is 0 Å². The molecule has 0 bridgehead atoms. The van der Waals surface area contributed by atoms with Crippen LogP contribution in [0.2, 0.25) is 0 Å². The lowest BCUT2D eigenvalue weighted by Gasteiger charge is -2.12. The van der Waals surface area contributed by atoms with Crippen molar-refractivity contribution in [3.05, 3.63) is 61.0 Å². The molecule has 164 valence electrons. The van der Waals surface area contributed by atoms with E-state index in [0.717, 1.165) is 0 Å². The maximum atomic E-state index is 14.8. The Balaban J connectivity index is 1.54. The Labute approximate surface area is 183 Å². The van der Waals surface area contributed by atoms with Crippen molar-refractivity contribution < 1.29 is 13.7 Å². The zero-order valence-corrected chi connectivity index (χ0v) is 17.9. The van der Waals surface area contributed by atoms with Gasteiger partial charge in [-0.25, -0.2) is 23.8 Å². The van der Waals surface area contributed by atoms with Crippen LogP contribution in [0.5, 0.6) is 0 Å². The lowest BCUT2D eigenvalue weighted by Crippen LogP contribution is -2.20. The predicted molar refractivity (Wildman–Crippen MR) is 119 cm³/mol. The van der Waals surface area contributed by atoms with Crippen LogP contribution in [0, 0.1) is 5.82 Å². The van der Waals surface area contributed by atoms with Crippen molar-refractivity contribution in [3.63, 3.8) is 0 Å². The van der Waals surface area contributed by atoms with E-state index in [1.165, 1.54) is 18.5 Å². The standard InChI is InChI=1S/C22H22FN7O2/c1-5-8-30-20-14(11-24-12-25-20)19(28-30)13-6-7-16(15(23)9-13)26-21(31)27-18-10-17(32-29-18)22(2,3)4/h5-7,9-12H,1,8H2,2-4H3,(H2,26,27,29,31). The Morgan fingerprint density at radius 1 is 1.28 bits per heavy atom. The molecule has 1 aromatic carbocycles. The second-order valence-corrected chi connectivity index (χ2v) is 8.18. The third kappa shape index (κ3) is 4.20. The summed E-state index contributed by atoms with van der Waals surface area (Å²) in [5.74, 6) is 0.246. The number of nitrogens with zero attached hydrogens (tertiary/aromatic N) is 5. The van der Waals surface area contributed by atoms with E-state index in [2.05, 4.69) is 37.4 Å². The predicted octanol–water partition coefficient (Wildman–Crippen LogP) is 4.75. The molecule has 9 nitrogen and oxygen atoms in total. The number of halogens is 1. The number of anilines is 2. The number of hydrogen-bond acceptors (Lipinski definition) is 6. The van der Waals surface area contributed by atoms with Crippen LogP contribution in [0.3, 0.4) is 0 Å². The summed E-state index contributed by atoms with van der Waals surface area (Å²) in [5, 5.41) is 14.0. The number of amides is 2. The number of fused-ring (bicyclic) bond motifs is 1. The summed E-state index contributed by atoms with van der Waals surface area (Å²) in [4.78, 5) is 20.6. The zero-order chi connectivity index (χ0) is 22.9. The quantitative estimate of drug-likeness (QED) is 0.438. The summed E-state index contributed by atoms with van der Waals surface area (Å²) in [6, 6.07) is 5.43. The first-order valence-corrected chi connectivity index (χ1v) is 9.89.